The quantitative estimate of drug-likeness (QED) is 0.0424. The summed E-state index contributed by atoms with van der Waals surface area (Å²) in [6.45, 7) is 4.30. The van der Waals surface area contributed by atoms with Crippen molar-refractivity contribution in [3.05, 3.63) is 40.4 Å². The number of thiazole rings is 1. The molecular weight excluding hydrogens is 700 g/mol. The van der Waals surface area contributed by atoms with Crippen molar-refractivity contribution in [2.24, 2.45) is 16.3 Å². The minimum absolute atomic E-state index is 0.00558. The van der Waals surface area contributed by atoms with Gasteiger partial charge in [0.2, 0.25) is 0 Å². The first-order valence-corrected chi connectivity index (χ1v) is 17.6. The molecular formula is C29H38N8O11S2. The second kappa shape index (κ2) is 13.4. The number of nitrogens with zero attached hydrogens (tertiary/aromatic N) is 3. The summed E-state index contributed by atoms with van der Waals surface area (Å²) in [6.07, 6.45) is 0.718. The van der Waals surface area contributed by atoms with E-state index >= 15 is 0 Å². The predicted molar refractivity (Wildman–Crippen MR) is 176 cm³/mol. The predicted octanol–water partition coefficient (Wildman–Crippen LogP) is -0.462. The van der Waals surface area contributed by atoms with Crippen LogP contribution in [0.5, 0.6) is 5.75 Å². The molecule has 1 aromatic heterocycles. The lowest BCUT2D eigenvalue weighted by Crippen LogP contribution is -2.76. The molecule has 2 amide bonds. The summed E-state index contributed by atoms with van der Waals surface area (Å²) in [7, 11) is -5.04. The number of amidine groups is 1. The summed E-state index contributed by atoms with van der Waals surface area (Å²) in [4.78, 5) is 48.3. The number of hydrogen-bond donors (Lipinski definition) is 8. The van der Waals surface area contributed by atoms with Crippen LogP contribution in [0.3, 0.4) is 0 Å². The largest absolute Gasteiger partial charge is 0.485 e. The number of hydroxylamine groups is 2. The third-order valence-electron chi connectivity index (χ3n) is 9.24. The smallest absolute Gasteiger partial charge is 0.418 e. The standard InChI is InChI=1S/C29H38N8O11S2/c1-27(2)21(24(40)37(27)48-50(43,44)45)35-23(39)20(17-11-49-26(32)34-17)36-47-28(3,25(41)42)19-7-5-14-8-15(4-6-18(14)46-19)22(31)33-16-9-29(10-16,12-30)13-38/h4,6,8,11,16,19,21,38H,5,7,9-10,12-13,30H2,1-3H3,(H2,31,33)(H2,32,34)(H,35,39)(H,41,42)(H,43,44,45)/b36-20-/t16-,19-,21-,28+,29-/m1/s1. The molecule has 0 spiro atoms. The zero-order valence-electron chi connectivity index (χ0n) is 27.2. The summed E-state index contributed by atoms with van der Waals surface area (Å²) in [5.74, 6) is -2.94. The van der Waals surface area contributed by atoms with Gasteiger partial charge in [-0.2, -0.15) is 13.5 Å². The number of carboxylic acid groups (broad SMARTS) is 1. The van der Waals surface area contributed by atoms with Crippen LogP contribution in [0.15, 0.2) is 28.7 Å². The maximum absolute atomic E-state index is 13.5. The highest BCUT2D eigenvalue weighted by Crippen LogP contribution is 2.40. The van der Waals surface area contributed by atoms with Crippen LogP contribution in [0.25, 0.3) is 0 Å². The van der Waals surface area contributed by atoms with E-state index in [0.29, 0.717) is 42.2 Å². The number of aromatic nitrogens is 1. The molecule has 0 unspecified atom stereocenters. The first-order chi connectivity index (χ1) is 23.3. The molecule has 3 aliphatic rings. The maximum Gasteiger partial charge on any atom is 0.418 e. The minimum atomic E-state index is -5.04. The number of aryl methyl sites for hydroxylation is 1. The number of oxime groups is 1. The second-order valence-corrected chi connectivity index (χ2v) is 15.1. The molecule has 1 saturated carbocycles. The fourth-order valence-electron chi connectivity index (χ4n) is 6.06. The number of aliphatic hydroxyl groups is 1. The van der Waals surface area contributed by atoms with Crippen LogP contribution in [0.1, 0.15) is 56.9 Å². The number of nitrogen functional groups attached to an aromatic ring is 1. The van der Waals surface area contributed by atoms with Gasteiger partial charge in [0.1, 0.15) is 23.3 Å². The number of anilines is 1. The third kappa shape index (κ3) is 7.09. The number of rotatable bonds is 13. The number of carbonyl (C=O) groups excluding carboxylic acids is 2. The second-order valence-electron chi connectivity index (χ2n) is 13.2. The summed E-state index contributed by atoms with van der Waals surface area (Å²) < 4.78 is 41.7. The summed E-state index contributed by atoms with van der Waals surface area (Å²) >= 11 is 0.953. The van der Waals surface area contributed by atoms with Gasteiger partial charge in [0, 0.05) is 28.9 Å². The number of fused-ring (bicyclic) bond motifs is 1. The van der Waals surface area contributed by atoms with Crippen molar-refractivity contribution in [2.45, 2.75) is 75.8 Å². The Morgan fingerprint density at radius 2 is 2.00 bits per heavy atom. The zero-order valence-corrected chi connectivity index (χ0v) is 28.8. The molecule has 21 heteroatoms. The molecule has 2 fully saturated rings. The topological polar surface area (TPSA) is 302 Å². The Hall–Kier alpha value is -4.41. The van der Waals surface area contributed by atoms with Gasteiger partial charge in [-0.3, -0.25) is 19.6 Å². The van der Waals surface area contributed by atoms with Gasteiger partial charge in [-0.05, 0) is 70.2 Å². The van der Waals surface area contributed by atoms with Gasteiger partial charge in [0.05, 0.1) is 12.1 Å². The van der Waals surface area contributed by atoms with Crippen molar-refractivity contribution >= 4 is 56.2 Å². The fraction of sp³-hybridized carbons (Fsp3) is 0.517. The van der Waals surface area contributed by atoms with Crippen molar-refractivity contribution in [3.63, 3.8) is 0 Å². The van der Waals surface area contributed by atoms with Crippen LogP contribution in [-0.4, -0.2) is 105 Å². The van der Waals surface area contributed by atoms with Crippen LogP contribution in [0.2, 0.25) is 0 Å². The van der Waals surface area contributed by atoms with Gasteiger partial charge in [-0.15, -0.1) is 15.6 Å². The Kier molecular flexibility index (Phi) is 9.86. The molecule has 0 bridgehead atoms. The van der Waals surface area contributed by atoms with E-state index in [-0.39, 0.29) is 41.1 Å². The van der Waals surface area contributed by atoms with Crippen molar-refractivity contribution < 1.29 is 51.4 Å². The van der Waals surface area contributed by atoms with Crippen LogP contribution >= 0.6 is 11.3 Å². The highest BCUT2D eigenvalue weighted by Gasteiger charge is 2.58. The number of carbonyl (C=O) groups is 3. The molecule has 5 rings (SSSR count). The molecule has 50 heavy (non-hydrogen) atoms. The fourth-order valence-corrected chi connectivity index (χ4v) is 7.07. The Bertz CT molecular complexity index is 1840. The minimum Gasteiger partial charge on any atom is -0.485 e. The highest BCUT2D eigenvalue weighted by molar-refractivity contribution is 7.80. The number of nitrogens with two attached hydrogens (primary N) is 2. The number of benzene rings is 1. The van der Waals surface area contributed by atoms with Gasteiger partial charge in [-0.25, -0.2) is 9.78 Å². The number of β-lactam (4-membered cyclic amide) rings is 1. The highest BCUT2D eigenvalue weighted by atomic mass is 32.3. The van der Waals surface area contributed by atoms with Gasteiger partial charge in [-0.1, -0.05) is 5.16 Å². The summed E-state index contributed by atoms with van der Waals surface area (Å²) in [6, 6.07) is 3.72. The molecule has 1 aromatic carbocycles. The Balaban J connectivity index is 1.31. The van der Waals surface area contributed by atoms with Crippen LogP contribution < -0.4 is 26.8 Å². The number of aliphatic carboxylic acids is 1. The van der Waals surface area contributed by atoms with E-state index < -0.39 is 57.2 Å². The Morgan fingerprint density at radius 1 is 1.30 bits per heavy atom. The van der Waals surface area contributed by atoms with E-state index in [9.17, 15) is 33.0 Å². The first kappa shape index (κ1) is 36.9. The molecule has 1 saturated heterocycles. The summed E-state index contributed by atoms with van der Waals surface area (Å²) in [5.41, 5.74) is 8.32. The maximum atomic E-state index is 13.5. The number of hydrogen-bond acceptors (Lipinski definition) is 15. The molecule has 19 nitrogen and oxygen atoms in total. The Labute approximate surface area is 290 Å². The average Bonchev–Trinajstić information content (AvgIpc) is 3.48. The lowest BCUT2D eigenvalue weighted by Gasteiger charge is -2.50. The van der Waals surface area contributed by atoms with E-state index in [4.69, 9.17) is 31.0 Å². The number of ether oxygens (including phenoxy) is 1. The normalized spacial score (nSPS) is 25.6. The van der Waals surface area contributed by atoms with E-state index in [1.54, 1.807) is 18.2 Å². The number of carboxylic acids is 1. The number of nitrogens with one attached hydrogen (secondary N) is 3. The monoisotopic (exact) mass is 738 g/mol. The third-order valence-corrected chi connectivity index (χ3v) is 10.2. The van der Waals surface area contributed by atoms with Crippen molar-refractivity contribution in [3.8, 4) is 5.75 Å². The molecule has 1 aliphatic carbocycles. The molecule has 0 radical (unpaired) electrons. The molecule has 3 atom stereocenters. The number of amides is 2. The first-order valence-electron chi connectivity index (χ1n) is 15.3. The van der Waals surface area contributed by atoms with E-state index in [1.165, 1.54) is 26.2 Å². The zero-order chi connectivity index (χ0) is 36.8. The Morgan fingerprint density at radius 3 is 2.56 bits per heavy atom. The average molecular weight is 739 g/mol. The van der Waals surface area contributed by atoms with Crippen LogP contribution in [0, 0.1) is 10.8 Å². The van der Waals surface area contributed by atoms with Crippen molar-refractivity contribution in [2.75, 3.05) is 18.9 Å². The molecule has 10 N–H and O–H groups in total. The van der Waals surface area contributed by atoms with E-state index in [2.05, 4.69) is 25.1 Å². The van der Waals surface area contributed by atoms with Crippen LogP contribution in [-0.2, 0) is 40.3 Å². The number of aliphatic hydroxyl groups excluding tert-OH is 1. The van der Waals surface area contributed by atoms with Gasteiger partial charge < -0.3 is 41.9 Å². The van der Waals surface area contributed by atoms with Gasteiger partial charge in [0.25, 0.3) is 17.4 Å². The van der Waals surface area contributed by atoms with Crippen molar-refractivity contribution in [1.29, 1.82) is 5.41 Å². The summed E-state index contributed by atoms with van der Waals surface area (Å²) in [5, 5.41) is 39.6. The van der Waals surface area contributed by atoms with E-state index in [0.717, 1.165) is 16.9 Å². The van der Waals surface area contributed by atoms with Crippen molar-refractivity contribution in [1.82, 2.24) is 20.7 Å². The van der Waals surface area contributed by atoms with E-state index in [1.807, 2.05) is 0 Å². The molecule has 3 heterocycles. The molecule has 2 aliphatic heterocycles. The molecule has 272 valence electrons. The lowest BCUT2D eigenvalue weighted by atomic mass is 9.66. The van der Waals surface area contributed by atoms with Gasteiger partial charge in [0.15, 0.2) is 16.9 Å². The van der Waals surface area contributed by atoms with Gasteiger partial charge >= 0.3 is 16.4 Å². The lowest BCUT2D eigenvalue weighted by molar-refractivity contribution is -0.218. The SMILES string of the molecule is CC1(C)[C@H](NC(=O)/C(=N\O[C@](C)(C(=O)O)[C@H]2CCc3cc(C(=N)N[C@H]4C[C@](CN)(CO)C4)ccc3O2)c2csc(N)n2)C(=O)N1OS(=O)(=O)O. The van der Waals surface area contributed by atoms with Crippen LogP contribution in [0.4, 0.5) is 5.13 Å². The molecule has 2 aromatic rings.